The summed E-state index contributed by atoms with van der Waals surface area (Å²) in [5.41, 5.74) is -0.543. The van der Waals surface area contributed by atoms with Crippen molar-refractivity contribution in [2.75, 3.05) is 13.2 Å². The van der Waals surface area contributed by atoms with Gasteiger partial charge in [-0.15, -0.1) is 0 Å². The summed E-state index contributed by atoms with van der Waals surface area (Å²) >= 11 is 0. The van der Waals surface area contributed by atoms with E-state index >= 15 is 0 Å². The Hall–Kier alpha value is 3.25. The minimum Gasteiger partial charge on any atom is -1.00 e. The molecule has 0 saturated carbocycles. The molecule has 0 aromatic carbocycles. The molecule has 27 heteroatoms. The molecular weight excluding hydrogens is 1320 g/mol. The maximum atomic E-state index is 12.9. The Morgan fingerprint density at radius 3 is 0.481 bits per heavy atom. The van der Waals surface area contributed by atoms with Crippen molar-refractivity contribution in [1.82, 2.24) is 0 Å². The van der Waals surface area contributed by atoms with Crippen LogP contribution in [0.5, 0.6) is 0 Å². The van der Waals surface area contributed by atoms with Crippen molar-refractivity contribution in [3.8, 4) is 0 Å². The molecule has 0 spiro atoms. The predicted molar refractivity (Wildman–Crippen MR) is 334 cm³/mol. The van der Waals surface area contributed by atoms with Gasteiger partial charge in [-0.2, -0.15) is 0 Å². The quantitative estimate of drug-likeness (QED) is 0.0522. The molecule has 0 amide bonds. The smallest absolute Gasteiger partial charge is 1.00 e. The van der Waals surface area contributed by atoms with Crippen molar-refractivity contribution in [2.45, 2.75) is 326 Å². The van der Waals surface area contributed by atoms with E-state index in [2.05, 4.69) is 18.4 Å². The van der Waals surface area contributed by atoms with Gasteiger partial charge >= 0.3 is 52.4 Å². The van der Waals surface area contributed by atoms with Gasteiger partial charge in [-0.3, -0.25) is 27.2 Å². The van der Waals surface area contributed by atoms with Crippen LogP contribution in [0.25, 0.3) is 4.86 Å². The van der Waals surface area contributed by atoms with Crippen molar-refractivity contribution in [3.05, 3.63) is 4.86 Å². The minimum atomic E-state index is -2.73. The van der Waals surface area contributed by atoms with Crippen LogP contribution in [0.3, 0.4) is 0 Å². The zero-order valence-electron chi connectivity index (χ0n) is 56.3. The van der Waals surface area contributed by atoms with E-state index in [4.69, 9.17) is 25.8 Å². The first-order chi connectivity index (χ1) is 34.3. The third kappa shape index (κ3) is 32.5. The Kier molecular flexibility index (Phi) is 59.4. The van der Waals surface area contributed by atoms with Gasteiger partial charge < -0.3 is 54.4 Å². The first-order valence-corrected chi connectivity index (χ1v) is 42.4. The largest absolute Gasteiger partial charge is 4.00 e. The van der Waals surface area contributed by atoms with E-state index in [1.807, 2.05) is 235 Å². The minimum absolute atomic E-state index is 0. The number of nitrogens with zero attached hydrogens (tertiary/aromatic N) is 4. The van der Waals surface area contributed by atoms with E-state index in [1.54, 1.807) is 0 Å². The summed E-state index contributed by atoms with van der Waals surface area (Å²) in [5, 5.41) is 28.0. The molecule has 0 aromatic rings. The molecule has 0 bridgehead atoms. The van der Waals surface area contributed by atoms with E-state index in [1.165, 1.54) is 0 Å². The summed E-state index contributed by atoms with van der Waals surface area (Å²) in [6.07, 6.45) is 0. The number of ether oxygens (including phenoxy) is 1. The van der Waals surface area contributed by atoms with Gasteiger partial charge in [0.25, 0.3) is 0 Å². The number of hydrogen-bond acceptors (Lipinski definition) is 13. The maximum absolute atomic E-state index is 12.9. The van der Waals surface area contributed by atoms with E-state index in [0.29, 0.717) is 0 Å². The summed E-state index contributed by atoms with van der Waals surface area (Å²) in [5.74, 6) is 0. The fraction of sp³-hybridized carbons (Fsp3) is 1.00. The number of hydrogen-bond donors (Lipinski definition) is 0. The molecule has 0 atom stereocenters. The Morgan fingerprint density at radius 1 is 0.291 bits per heavy atom. The van der Waals surface area contributed by atoms with Crippen LogP contribution in [0.2, 0.25) is 0 Å². The summed E-state index contributed by atoms with van der Waals surface area (Å²) in [4.78, 5) is 43.1. The second-order valence-electron chi connectivity index (χ2n) is 24.0. The molecule has 0 unspecified atom stereocenters. The SMILES string of the molecule is CC(C)P(=O)(N=P([O-])(C(C)C)C(C)C)C(C)C.CC(C)P(=O)(N=P([O-])(C(C)C)C(C)C)C(C)C.CC(C)P(=O)(N=P([O-])(C(C)C)C(C)C)C(C)C.CC(C)P(=O)([N-]P(=O)(C(C)C)C(C)C)C(C)C.CCOCC.[O-][O-].[O-][O-].[Zr+4].[Zr+4]. The van der Waals surface area contributed by atoms with Crippen molar-refractivity contribution >= 4 is 58.3 Å². The Morgan fingerprint density at radius 2 is 0.418 bits per heavy atom. The van der Waals surface area contributed by atoms with Gasteiger partial charge in [0.2, 0.25) is 0 Å². The van der Waals surface area contributed by atoms with Crippen molar-refractivity contribution in [2.24, 2.45) is 13.5 Å². The summed E-state index contributed by atoms with van der Waals surface area (Å²) in [6.45, 7) is 66.8. The molecule has 0 N–H and O–H groups in total. The van der Waals surface area contributed by atoms with Gasteiger partial charge in [0.05, 0.1) is 0 Å². The second-order valence-corrected chi connectivity index (χ2v) is 54.2. The fourth-order valence-corrected chi connectivity index (χ4v) is 37.3. The zero-order chi connectivity index (χ0) is 64.2. The normalized spacial score (nSPS) is 12.9. The second kappa shape index (κ2) is 46.3. The third-order valence-electron chi connectivity index (χ3n) is 13.4. The molecule has 0 saturated heterocycles. The van der Waals surface area contributed by atoms with Gasteiger partial charge in [-0.05, 0) is 70.4 Å². The van der Waals surface area contributed by atoms with Crippen molar-refractivity contribution in [3.63, 3.8) is 0 Å². The van der Waals surface area contributed by atoms with Gasteiger partial charge in [0.15, 0.2) is 21.9 Å². The molecule has 476 valence electrons. The summed E-state index contributed by atoms with van der Waals surface area (Å²) in [7, 11) is -21.8. The zero-order valence-corrected chi connectivity index (χ0v) is 68.4. The Balaban J connectivity index is -0.000000111. The molecular formula is C52H122N4O13P8Zr2. The molecule has 0 radical (unpaired) electrons. The standard InChI is InChI=1S/4C12H28NO2P2.C4H10O.2O2.2Zr/c4*1-9(2)16(14,10(3)4)13-17(15,11(5)6)12(7)8;1-3-5-4-2;2*1-2;;/h4*9-12H,1-8H3;3-4H2,1-2H3;;;;/q4*-1;;2*-2;2*+4. The monoisotopic (exact) mass is 1440 g/mol. The van der Waals surface area contributed by atoms with E-state index in [9.17, 15) is 37.5 Å². The predicted octanol–water partition coefficient (Wildman–Crippen LogP) is 15.0. The Bertz CT molecular complexity index is 1700. The molecule has 0 aliphatic heterocycles. The average Bonchev–Trinajstić information content (AvgIpc) is 3.29. The van der Waals surface area contributed by atoms with Crippen LogP contribution in [-0.4, -0.2) is 104 Å². The van der Waals surface area contributed by atoms with Gasteiger partial charge in [-0.1, -0.05) is 243 Å². The van der Waals surface area contributed by atoms with Gasteiger partial charge in [0, 0.05) is 61.8 Å². The third-order valence-corrected chi connectivity index (χ3v) is 46.0. The molecule has 0 heterocycles. The fourth-order valence-electron chi connectivity index (χ4n) is 7.50. The van der Waals surface area contributed by atoms with Gasteiger partial charge in [-0.25, -0.2) is 0 Å². The van der Waals surface area contributed by atoms with E-state index in [0.717, 1.165) is 13.2 Å². The van der Waals surface area contributed by atoms with Crippen LogP contribution in [0.1, 0.15) is 235 Å². The van der Waals surface area contributed by atoms with Crippen LogP contribution < -0.4 is 35.7 Å². The first kappa shape index (κ1) is 101. The molecule has 79 heavy (non-hydrogen) atoms. The van der Waals surface area contributed by atoms with Crippen molar-refractivity contribution < 1.29 is 116 Å². The van der Waals surface area contributed by atoms with Crippen LogP contribution in [0.15, 0.2) is 13.5 Å². The van der Waals surface area contributed by atoms with Crippen LogP contribution in [-0.2, 0) is 80.0 Å². The van der Waals surface area contributed by atoms with Crippen LogP contribution in [0.4, 0.5) is 0 Å². The van der Waals surface area contributed by atoms with Crippen LogP contribution in [0, 0.1) is 0 Å². The molecule has 0 rings (SSSR count). The molecule has 0 aliphatic rings. The maximum Gasteiger partial charge on any atom is 4.00 e. The van der Waals surface area contributed by atoms with Gasteiger partial charge in [0.1, 0.15) is 0 Å². The number of rotatable bonds is 23. The summed E-state index contributed by atoms with van der Waals surface area (Å²) < 4.78 is 82.7. The van der Waals surface area contributed by atoms with E-state index in [-0.39, 0.29) is 143 Å². The summed E-state index contributed by atoms with van der Waals surface area (Å²) in [6, 6.07) is 0. The molecule has 0 fully saturated rings. The average molecular weight is 1440 g/mol. The first-order valence-electron chi connectivity index (χ1n) is 28.0. The molecule has 17 nitrogen and oxygen atoms in total. The van der Waals surface area contributed by atoms with E-state index < -0.39 is 58.3 Å². The molecule has 0 aromatic heterocycles. The van der Waals surface area contributed by atoms with Crippen LogP contribution >= 0.6 is 58.3 Å². The van der Waals surface area contributed by atoms with Crippen molar-refractivity contribution in [1.29, 1.82) is 0 Å². The topological polar surface area (TPSA) is 307 Å². The Labute approximate surface area is 527 Å². The molecule has 0 aliphatic carbocycles.